The minimum atomic E-state index is -0.492. The van der Waals surface area contributed by atoms with Gasteiger partial charge in [-0.15, -0.1) is 0 Å². The highest BCUT2D eigenvalue weighted by molar-refractivity contribution is 5.94. The summed E-state index contributed by atoms with van der Waals surface area (Å²) >= 11 is 0. The summed E-state index contributed by atoms with van der Waals surface area (Å²) in [4.78, 5) is 25.2. The van der Waals surface area contributed by atoms with Gasteiger partial charge in [-0.3, -0.25) is 14.9 Å². The molecule has 0 spiro atoms. The van der Waals surface area contributed by atoms with Crippen LogP contribution in [0.1, 0.15) is 23.3 Å². The van der Waals surface area contributed by atoms with Crippen molar-refractivity contribution in [3.63, 3.8) is 0 Å². The van der Waals surface area contributed by atoms with Gasteiger partial charge >= 0.3 is 0 Å². The molecule has 1 aromatic heterocycles. The number of carbonyl (C=O) groups excluding carboxylic acids is 1. The summed E-state index contributed by atoms with van der Waals surface area (Å²) in [7, 11) is 0. The fourth-order valence-electron chi connectivity index (χ4n) is 3.33. The van der Waals surface area contributed by atoms with E-state index >= 15 is 0 Å². The van der Waals surface area contributed by atoms with Crippen molar-refractivity contribution >= 4 is 11.6 Å². The average molecular weight is 380 g/mol. The third kappa shape index (κ3) is 3.24. The SMILES string of the molecule is O=C(c1cc(-c2ccccc2F)nn1-c1ccc([N+](=O)[O-])cc1)N1CCCC1. The molecule has 2 aromatic carbocycles. The fraction of sp³-hybridized carbons (Fsp3) is 0.200. The third-order valence-electron chi connectivity index (χ3n) is 4.78. The van der Waals surface area contributed by atoms with Gasteiger partial charge in [0.05, 0.1) is 16.3 Å². The van der Waals surface area contributed by atoms with Crippen molar-refractivity contribution in [1.82, 2.24) is 14.7 Å². The van der Waals surface area contributed by atoms with E-state index in [2.05, 4.69) is 5.10 Å². The quantitative estimate of drug-likeness (QED) is 0.509. The van der Waals surface area contributed by atoms with Crippen LogP contribution in [-0.2, 0) is 0 Å². The van der Waals surface area contributed by atoms with Crippen LogP contribution in [0.15, 0.2) is 54.6 Å². The van der Waals surface area contributed by atoms with Crippen molar-refractivity contribution < 1.29 is 14.1 Å². The van der Waals surface area contributed by atoms with E-state index in [1.807, 2.05) is 0 Å². The summed E-state index contributed by atoms with van der Waals surface area (Å²) in [5, 5.41) is 15.3. The standard InChI is InChI=1S/C20H17FN4O3/c21-17-6-2-1-5-16(17)18-13-19(20(26)23-11-3-4-12-23)24(22-18)14-7-9-15(10-8-14)25(27)28/h1-2,5-10,13H,3-4,11-12H2. The third-order valence-corrected chi connectivity index (χ3v) is 4.78. The zero-order chi connectivity index (χ0) is 19.7. The lowest BCUT2D eigenvalue weighted by molar-refractivity contribution is -0.384. The Labute approximate surface area is 160 Å². The first-order valence-electron chi connectivity index (χ1n) is 8.93. The zero-order valence-corrected chi connectivity index (χ0v) is 14.9. The predicted molar refractivity (Wildman–Crippen MR) is 101 cm³/mol. The molecule has 1 aliphatic rings. The van der Waals surface area contributed by atoms with Crippen LogP contribution in [0.25, 0.3) is 16.9 Å². The molecule has 0 N–H and O–H groups in total. The van der Waals surface area contributed by atoms with E-state index in [4.69, 9.17) is 0 Å². The van der Waals surface area contributed by atoms with Crippen LogP contribution in [0, 0.1) is 15.9 Å². The maximum atomic E-state index is 14.2. The number of non-ortho nitro benzene ring substituents is 1. The Morgan fingerprint density at radius 3 is 2.39 bits per heavy atom. The lowest BCUT2D eigenvalue weighted by Crippen LogP contribution is -2.29. The number of nitrogens with zero attached hydrogens (tertiary/aromatic N) is 4. The van der Waals surface area contributed by atoms with E-state index in [-0.39, 0.29) is 11.6 Å². The topological polar surface area (TPSA) is 81.3 Å². The molecule has 1 amide bonds. The largest absolute Gasteiger partial charge is 0.337 e. The Hall–Kier alpha value is -3.55. The van der Waals surface area contributed by atoms with E-state index in [9.17, 15) is 19.3 Å². The number of hydrogen-bond donors (Lipinski definition) is 0. The van der Waals surface area contributed by atoms with Crippen LogP contribution in [0.4, 0.5) is 10.1 Å². The number of halogens is 1. The second-order valence-corrected chi connectivity index (χ2v) is 6.58. The summed E-state index contributed by atoms with van der Waals surface area (Å²) in [6, 6.07) is 13.5. The number of likely N-dealkylation sites (tertiary alicyclic amines) is 1. The molecule has 28 heavy (non-hydrogen) atoms. The number of rotatable bonds is 4. The van der Waals surface area contributed by atoms with E-state index < -0.39 is 10.7 Å². The molecule has 7 nitrogen and oxygen atoms in total. The number of carbonyl (C=O) groups is 1. The highest BCUT2D eigenvalue weighted by atomic mass is 19.1. The van der Waals surface area contributed by atoms with Crippen LogP contribution in [0.2, 0.25) is 0 Å². The van der Waals surface area contributed by atoms with Gasteiger partial charge in [-0.05, 0) is 43.2 Å². The molecule has 1 saturated heterocycles. The smallest absolute Gasteiger partial charge is 0.272 e. The summed E-state index contributed by atoms with van der Waals surface area (Å²) < 4.78 is 15.7. The molecule has 4 rings (SSSR count). The Kier molecular flexibility index (Phi) is 4.60. The first-order chi connectivity index (χ1) is 13.5. The molecule has 142 valence electrons. The number of benzene rings is 2. The molecule has 2 heterocycles. The Morgan fingerprint density at radius 2 is 1.75 bits per heavy atom. The Morgan fingerprint density at radius 1 is 1.07 bits per heavy atom. The minimum Gasteiger partial charge on any atom is -0.337 e. The molecule has 0 unspecified atom stereocenters. The molecule has 1 fully saturated rings. The summed E-state index contributed by atoms with van der Waals surface area (Å²) in [5.41, 5.74) is 1.36. The minimum absolute atomic E-state index is 0.0577. The highest BCUT2D eigenvalue weighted by Gasteiger charge is 2.25. The first kappa shape index (κ1) is 17.8. The normalized spacial score (nSPS) is 13.7. The van der Waals surface area contributed by atoms with Gasteiger partial charge in [0.1, 0.15) is 11.5 Å². The molecule has 0 aliphatic carbocycles. The Bertz CT molecular complexity index is 1040. The van der Waals surface area contributed by atoms with Crippen LogP contribution in [0.3, 0.4) is 0 Å². The maximum Gasteiger partial charge on any atom is 0.272 e. The van der Waals surface area contributed by atoms with Gasteiger partial charge in [-0.2, -0.15) is 5.10 Å². The molecule has 1 aliphatic heterocycles. The van der Waals surface area contributed by atoms with Gasteiger partial charge in [0.2, 0.25) is 0 Å². The molecular weight excluding hydrogens is 363 g/mol. The van der Waals surface area contributed by atoms with Gasteiger partial charge in [-0.1, -0.05) is 12.1 Å². The lowest BCUT2D eigenvalue weighted by atomic mass is 10.1. The molecular formula is C20H17FN4O3. The van der Waals surface area contributed by atoms with Crippen molar-refractivity contribution in [2.24, 2.45) is 0 Å². The monoisotopic (exact) mass is 380 g/mol. The fourth-order valence-corrected chi connectivity index (χ4v) is 3.33. The van der Waals surface area contributed by atoms with Crippen molar-refractivity contribution in [2.75, 3.05) is 13.1 Å². The number of nitro groups is 1. The van der Waals surface area contributed by atoms with E-state index in [0.717, 1.165) is 12.8 Å². The van der Waals surface area contributed by atoms with E-state index in [0.29, 0.717) is 35.7 Å². The average Bonchev–Trinajstić information content (AvgIpc) is 3.38. The summed E-state index contributed by atoms with van der Waals surface area (Å²) in [6.45, 7) is 1.33. The highest BCUT2D eigenvalue weighted by Crippen LogP contribution is 2.26. The lowest BCUT2D eigenvalue weighted by Gasteiger charge is -2.15. The molecule has 0 saturated carbocycles. The van der Waals surface area contributed by atoms with Crippen LogP contribution in [0.5, 0.6) is 0 Å². The summed E-state index contributed by atoms with van der Waals surface area (Å²) in [6.07, 6.45) is 1.88. The van der Waals surface area contributed by atoms with Gasteiger partial charge in [0.25, 0.3) is 11.6 Å². The van der Waals surface area contributed by atoms with Crippen LogP contribution < -0.4 is 0 Å². The number of hydrogen-bond acceptors (Lipinski definition) is 4. The molecule has 3 aromatic rings. The molecule has 8 heteroatoms. The number of aromatic nitrogens is 2. The number of nitro benzene ring substituents is 1. The van der Waals surface area contributed by atoms with Crippen molar-refractivity contribution in [1.29, 1.82) is 0 Å². The first-order valence-corrected chi connectivity index (χ1v) is 8.93. The van der Waals surface area contributed by atoms with E-state index in [1.165, 1.54) is 35.0 Å². The van der Waals surface area contributed by atoms with E-state index in [1.54, 1.807) is 29.2 Å². The predicted octanol–water partition coefficient (Wildman–Crippen LogP) is 3.82. The van der Waals surface area contributed by atoms with Gasteiger partial charge < -0.3 is 4.90 Å². The molecule has 0 bridgehead atoms. The van der Waals surface area contributed by atoms with Crippen molar-refractivity contribution in [3.05, 3.63) is 76.2 Å². The Balaban J connectivity index is 1.82. The van der Waals surface area contributed by atoms with Gasteiger partial charge in [0.15, 0.2) is 0 Å². The molecule has 0 atom stereocenters. The van der Waals surface area contributed by atoms with Crippen LogP contribution in [-0.4, -0.2) is 38.6 Å². The second-order valence-electron chi connectivity index (χ2n) is 6.58. The van der Waals surface area contributed by atoms with Gasteiger partial charge in [-0.25, -0.2) is 9.07 Å². The second kappa shape index (κ2) is 7.22. The van der Waals surface area contributed by atoms with Gasteiger partial charge in [0, 0.05) is 30.8 Å². The van der Waals surface area contributed by atoms with Crippen molar-refractivity contribution in [2.45, 2.75) is 12.8 Å². The summed E-state index contributed by atoms with van der Waals surface area (Å²) in [5.74, 6) is -0.623. The number of amides is 1. The maximum absolute atomic E-state index is 14.2. The zero-order valence-electron chi connectivity index (χ0n) is 14.9. The van der Waals surface area contributed by atoms with Crippen molar-refractivity contribution in [3.8, 4) is 16.9 Å². The molecule has 0 radical (unpaired) electrons. The van der Waals surface area contributed by atoms with Crippen LogP contribution >= 0.6 is 0 Å².